The minimum absolute atomic E-state index is 0.141. The highest BCUT2D eigenvalue weighted by molar-refractivity contribution is 5.52. The first-order chi connectivity index (χ1) is 8.08. The third-order valence-corrected chi connectivity index (χ3v) is 3.37. The Morgan fingerprint density at radius 1 is 1.71 bits per heavy atom. The van der Waals surface area contributed by atoms with E-state index in [2.05, 4.69) is 10.3 Å². The smallest absolute Gasteiger partial charge is 0.376 e. The van der Waals surface area contributed by atoms with E-state index in [0.29, 0.717) is 12.4 Å². The second kappa shape index (κ2) is 4.33. The summed E-state index contributed by atoms with van der Waals surface area (Å²) in [5.74, 6) is 0.288. The average molecular weight is 240 g/mol. The molecule has 0 radical (unpaired) electrons. The molecule has 0 saturated heterocycles. The first-order valence-corrected chi connectivity index (χ1v) is 5.53. The Morgan fingerprint density at radius 2 is 2.41 bits per heavy atom. The lowest BCUT2D eigenvalue weighted by Gasteiger charge is -2.40. The molecule has 1 aromatic heterocycles. The Kier molecular flexibility index (Phi) is 3.01. The third-order valence-electron chi connectivity index (χ3n) is 3.37. The predicted molar refractivity (Wildman–Crippen MR) is 61.9 cm³/mol. The van der Waals surface area contributed by atoms with Crippen molar-refractivity contribution in [3.63, 3.8) is 0 Å². The topological polar surface area (TPSA) is 82.2 Å². The minimum atomic E-state index is -0.484. The van der Waals surface area contributed by atoms with E-state index in [-0.39, 0.29) is 11.4 Å². The number of nitro groups is 1. The molecule has 2 rings (SSSR count). The van der Waals surface area contributed by atoms with Gasteiger partial charge in [0.15, 0.2) is 0 Å². The molecular formula is C10H16N4O3. The molecule has 94 valence electrons. The summed E-state index contributed by atoms with van der Waals surface area (Å²) in [4.78, 5) is 14.0. The van der Waals surface area contributed by atoms with Crippen LogP contribution >= 0.6 is 0 Å². The normalized spacial score (nSPS) is 17.5. The van der Waals surface area contributed by atoms with E-state index in [1.807, 2.05) is 0 Å². The van der Waals surface area contributed by atoms with Crippen molar-refractivity contribution in [2.75, 3.05) is 19.0 Å². The van der Waals surface area contributed by atoms with E-state index in [1.165, 1.54) is 6.33 Å². The zero-order valence-electron chi connectivity index (χ0n) is 9.97. The van der Waals surface area contributed by atoms with Crippen LogP contribution in [-0.2, 0) is 11.8 Å². The van der Waals surface area contributed by atoms with Gasteiger partial charge in [-0.3, -0.25) is 4.57 Å². The molecule has 0 bridgehead atoms. The van der Waals surface area contributed by atoms with Crippen molar-refractivity contribution in [1.82, 2.24) is 9.55 Å². The molecule has 0 spiro atoms. The van der Waals surface area contributed by atoms with Crippen LogP contribution in [0, 0.1) is 10.1 Å². The van der Waals surface area contributed by atoms with Crippen molar-refractivity contribution in [3.05, 3.63) is 16.4 Å². The average Bonchev–Trinajstić information content (AvgIpc) is 2.59. The summed E-state index contributed by atoms with van der Waals surface area (Å²) in [5.41, 5.74) is -0.169. The first kappa shape index (κ1) is 11.8. The number of anilines is 1. The Morgan fingerprint density at radius 3 is 2.88 bits per heavy atom. The van der Waals surface area contributed by atoms with E-state index in [4.69, 9.17) is 4.74 Å². The van der Waals surface area contributed by atoms with Crippen molar-refractivity contribution < 1.29 is 9.66 Å². The van der Waals surface area contributed by atoms with Crippen LogP contribution < -0.4 is 5.32 Å². The van der Waals surface area contributed by atoms with E-state index in [1.54, 1.807) is 18.7 Å². The molecule has 1 heterocycles. The monoisotopic (exact) mass is 240 g/mol. The quantitative estimate of drug-likeness (QED) is 0.619. The van der Waals surface area contributed by atoms with Crippen LogP contribution in [0.1, 0.15) is 19.3 Å². The molecule has 1 N–H and O–H groups in total. The number of hydrogen-bond donors (Lipinski definition) is 1. The minimum Gasteiger partial charge on any atom is -0.376 e. The van der Waals surface area contributed by atoms with Crippen LogP contribution in [0.2, 0.25) is 0 Å². The lowest BCUT2D eigenvalue weighted by molar-refractivity contribution is -0.388. The van der Waals surface area contributed by atoms with E-state index in [0.717, 1.165) is 19.3 Å². The summed E-state index contributed by atoms with van der Waals surface area (Å²) in [6.45, 7) is 0.573. The molecule has 0 unspecified atom stereocenters. The Hall–Kier alpha value is -1.63. The van der Waals surface area contributed by atoms with E-state index >= 15 is 0 Å². The maximum Gasteiger partial charge on any atom is 0.406 e. The van der Waals surface area contributed by atoms with Crippen LogP contribution in [0.15, 0.2) is 6.33 Å². The van der Waals surface area contributed by atoms with Crippen molar-refractivity contribution in [2.45, 2.75) is 24.9 Å². The molecule has 17 heavy (non-hydrogen) atoms. The van der Waals surface area contributed by atoms with E-state index in [9.17, 15) is 10.1 Å². The summed E-state index contributed by atoms with van der Waals surface area (Å²) in [5, 5.41) is 13.8. The molecule has 0 amide bonds. The van der Waals surface area contributed by atoms with Gasteiger partial charge in [-0.2, -0.15) is 0 Å². The lowest BCUT2D eigenvalue weighted by atomic mass is 9.80. The van der Waals surface area contributed by atoms with Crippen molar-refractivity contribution >= 4 is 11.6 Å². The Bertz CT molecular complexity index is 420. The fourth-order valence-electron chi connectivity index (χ4n) is 2.02. The van der Waals surface area contributed by atoms with Crippen molar-refractivity contribution in [2.24, 2.45) is 7.05 Å². The van der Waals surface area contributed by atoms with Crippen LogP contribution in [0.5, 0.6) is 0 Å². The number of rotatable bonds is 5. The second-order valence-corrected chi connectivity index (χ2v) is 4.38. The van der Waals surface area contributed by atoms with Gasteiger partial charge in [0, 0.05) is 20.7 Å². The molecule has 1 aromatic rings. The summed E-state index contributed by atoms with van der Waals surface area (Å²) < 4.78 is 7.06. The number of ether oxygens (including phenoxy) is 1. The van der Waals surface area contributed by atoms with Gasteiger partial charge in [-0.1, -0.05) is 0 Å². The maximum atomic E-state index is 10.8. The number of nitrogens with zero attached hydrogens (tertiary/aromatic N) is 3. The highest BCUT2D eigenvalue weighted by Crippen LogP contribution is 2.35. The number of methoxy groups -OCH3 is 1. The van der Waals surface area contributed by atoms with Gasteiger partial charge in [0.2, 0.25) is 12.1 Å². The Labute approximate surface area is 98.9 Å². The van der Waals surface area contributed by atoms with Gasteiger partial charge >= 0.3 is 5.82 Å². The molecule has 1 aliphatic rings. The third kappa shape index (κ3) is 2.10. The lowest BCUT2D eigenvalue weighted by Crippen LogP contribution is -2.45. The van der Waals surface area contributed by atoms with Gasteiger partial charge in [-0.25, -0.2) is 0 Å². The van der Waals surface area contributed by atoms with Gasteiger partial charge in [0.1, 0.15) is 0 Å². The molecule has 1 aliphatic carbocycles. The van der Waals surface area contributed by atoms with Crippen LogP contribution in [0.3, 0.4) is 0 Å². The number of aryl methyl sites for hydroxylation is 1. The number of aromatic nitrogens is 2. The maximum absolute atomic E-state index is 10.8. The SMILES string of the molecule is COC1(CNc2c([N+](=O)[O-])ncn2C)CCC1. The molecule has 1 saturated carbocycles. The van der Waals surface area contributed by atoms with Gasteiger partial charge < -0.3 is 20.2 Å². The molecular weight excluding hydrogens is 224 g/mol. The van der Waals surface area contributed by atoms with Gasteiger partial charge in [0.05, 0.1) is 5.60 Å². The van der Waals surface area contributed by atoms with Crippen LogP contribution in [0.4, 0.5) is 11.6 Å². The zero-order chi connectivity index (χ0) is 12.5. The molecule has 7 heteroatoms. The van der Waals surface area contributed by atoms with Gasteiger partial charge in [-0.15, -0.1) is 0 Å². The second-order valence-electron chi connectivity index (χ2n) is 4.38. The molecule has 0 aliphatic heterocycles. The zero-order valence-corrected chi connectivity index (χ0v) is 9.97. The van der Waals surface area contributed by atoms with Gasteiger partial charge in [-0.05, 0) is 29.2 Å². The summed E-state index contributed by atoms with van der Waals surface area (Å²) in [7, 11) is 3.40. The largest absolute Gasteiger partial charge is 0.406 e. The first-order valence-electron chi connectivity index (χ1n) is 5.53. The fourth-order valence-corrected chi connectivity index (χ4v) is 2.02. The highest BCUT2D eigenvalue weighted by Gasteiger charge is 2.37. The molecule has 1 fully saturated rings. The van der Waals surface area contributed by atoms with Crippen LogP contribution in [-0.4, -0.2) is 33.7 Å². The molecule has 0 atom stereocenters. The van der Waals surface area contributed by atoms with Crippen molar-refractivity contribution in [3.8, 4) is 0 Å². The highest BCUT2D eigenvalue weighted by atomic mass is 16.6. The van der Waals surface area contributed by atoms with Crippen molar-refractivity contribution in [1.29, 1.82) is 0 Å². The molecule has 7 nitrogen and oxygen atoms in total. The number of nitrogens with one attached hydrogen (secondary N) is 1. The van der Waals surface area contributed by atoms with Crippen LogP contribution in [0.25, 0.3) is 0 Å². The predicted octanol–water partition coefficient (Wildman–Crippen LogP) is 1.31. The number of imidazole rings is 1. The van der Waals surface area contributed by atoms with Gasteiger partial charge in [0.25, 0.3) is 0 Å². The Balaban J connectivity index is 2.08. The standard InChI is InChI=1S/C10H16N4O3/c1-13-7-12-9(14(15)16)8(13)11-6-10(17-2)4-3-5-10/h7,11H,3-6H2,1-2H3. The molecule has 0 aromatic carbocycles. The summed E-state index contributed by atoms with van der Waals surface area (Å²) >= 11 is 0. The fraction of sp³-hybridized carbons (Fsp3) is 0.700. The summed E-state index contributed by atoms with van der Waals surface area (Å²) in [6.07, 6.45) is 4.55. The number of hydrogen-bond acceptors (Lipinski definition) is 5. The van der Waals surface area contributed by atoms with E-state index < -0.39 is 4.92 Å². The summed E-state index contributed by atoms with van der Waals surface area (Å²) in [6, 6.07) is 0.